The quantitative estimate of drug-likeness (QED) is 0.784. The highest BCUT2D eigenvalue weighted by Gasteiger charge is 2.33. The molecular weight excluding hydrogens is 222 g/mol. The molecule has 100 valence electrons. The van der Waals surface area contributed by atoms with Gasteiger partial charge >= 0.3 is 0 Å². The van der Waals surface area contributed by atoms with E-state index in [1.165, 1.54) is 16.7 Å². The van der Waals surface area contributed by atoms with Gasteiger partial charge in [0.1, 0.15) is 0 Å². The van der Waals surface area contributed by atoms with Crippen LogP contribution in [0.25, 0.3) is 0 Å². The lowest BCUT2D eigenvalue weighted by Crippen LogP contribution is -2.33. The molecule has 0 fully saturated rings. The number of benzene rings is 1. The minimum Gasteiger partial charge on any atom is -0.385 e. The SMILES string of the molecule is CCCC1(N)CCc2ccc(CCCOC)cc21. The molecule has 0 aliphatic heterocycles. The maximum absolute atomic E-state index is 6.58. The second-order valence-corrected chi connectivity index (χ2v) is 5.49. The van der Waals surface area contributed by atoms with Crippen molar-refractivity contribution < 1.29 is 4.74 Å². The summed E-state index contributed by atoms with van der Waals surface area (Å²) in [5.74, 6) is 0. The molecule has 1 atom stereocenters. The minimum absolute atomic E-state index is 0.0681. The molecule has 1 aliphatic carbocycles. The maximum atomic E-state index is 6.58. The highest BCUT2D eigenvalue weighted by atomic mass is 16.5. The number of aryl methyl sites for hydroxylation is 2. The van der Waals surface area contributed by atoms with E-state index in [-0.39, 0.29) is 5.54 Å². The average Bonchev–Trinajstić information content (AvgIpc) is 2.68. The van der Waals surface area contributed by atoms with Crippen LogP contribution in [0.4, 0.5) is 0 Å². The van der Waals surface area contributed by atoms with Crippen molar-refractivity contribution in [1.29, 1.82) is 0 Å². The van der Waals surface area contributed by atoms with E-state index in [4.69, 9.17) is 10.5 Å². The summed E-state index contributed by atoms with van der Waals surface area (Å²) in [4.78, 5) is 0. The number of methoxy groups -OCH3 is 1. The molecule has 2 rings (SSSR count). The van der Waals surface area contributed by atoms with Gasteiger partial charge in [0.2, 0.25) is 0 Å². The summed E-state index contributed by atoms with van der Waals surface area (Å²) >= 11 is 0. The monoisotopic (exact) mass is 247 g/mol. The Bertz CT molecular complexity index is 398. The molecule has 0 radical (unpaired) electrons. The Labute approximate surface area is 111 Å². The Hall–Kier alpha value is -0.860. The summed E-state index contributed by atoms with van der Waals surface area (Å²) in [7, 11) is 1.76. The smallest absolute Gasteiger partial charge is 0.0465 e. The summed E-state index contributed by atoms with van der Waals surface area (Å²) in [5.41, 5.74) is 10.8. The lowest BCUT2D eigenvalue weighted by molar-refractivity contribution is 0.195. The van der Waals surface area contributed by atoms with E-state index in [0.29, 0.717) is 0 Å². The molecule has 2 nitrogen and oxygen atoms in total. The van der Waals surface area contributed by atoms with Crippen molar-refractivity contribution >= 4 is 0 Å². The maximum Gasteiger partial charge on any atom is 0.0465 e. The van der Waals surface area contributed by atoms with Crippen molar-refractivity contribution in [3.05, 3.63) is 34.9 Å². The molecular formula is C16H25NO. The normalized spacial score (nSPS) is 22.2. The lowest BCUT2D eigenvalue weighted by atomic mass is 9.87. The number of hydrogen-bond acceptors (Lipinski definition) is 2. The lowest BCUT2D eigenvalue weighted by Gasteiger charge is -2.25. The van der Waals surface area contributed by atoms with Crippen LogP contribution in [0.15, 0.2) is 18.2 Å². The number of ether oxygens (including phenoxy) is 1. The third-order valence-corrected chi connectivity index (χ3v) is 4.06. The molecule has 18 heavy (non-hydrogen) atoms. The molecule has 1 unspecified atom stereocenters. The van der Waals surface area contributed by atoms with Gasteiger partial charge in [0.15, 0.2) is 0 Å². The molecule has 0 spiro atoms. The van der Waals surface area contributed by atoms with Crippen molar-refractivity contribution in [2.75, 3.05) is 13.7 Å². The van der Waals surface area contributed by atoms with E-state index in [0.717, 1.165) is 45.1 Å². The first kappa shape index (κ1) is 13.6. The largest absolute Gasteiger partial charge is 0.385 e. The van der Waals surface area contributed by atoms with Crippen LogP contribution in [0, 0.1) is 0 Å². The standard InChI is InChI=1S/C16H25NO/c1-3-9-16(17)10-8-14-7-6-13(12-15(14)16)5-4-11-18-2/h6-7,12H,3-5,8-11,17H2,1-2H3. The highest BCUT2D eigenvalue weighted by Crippen LogP contribution is 2.38. The molecule has 2 heteroatoms. The second kappa shape index (κ2) is 5.85. The van der Waals surface area contributed by atoms with Crippen LogP contribution in [-0.4, -0.2) is 13.7 Å². The van der Waals surface area contributed by atoms with Crippen LogP contribution in [0.2, 0.25) is 0 Å². The van der Waals surface area contributed by atoms with E-state index < -0.39 is 0 Å². The fourth-order valence-corrected chi connectivity index (χ4v) is 3.08. The van der Waals surface area contributed by atoms with Crippen molar-refractivity contribution in [2.24, 2.45) is 5.73 Å². The Balaban J connectivity index is 2.14. The van der Waals surface area contributed by atoms with Gasteiger partial charge in [-0.2, -0.15) is 0 Å². The van der Waals surface area contributed by atoms with Crippen LogP contribution >= 0.6 is 0 Å². The number of nitrogens with two attached hydrogens (primary N) is 1. The topological polar surface area (TPSA) is 35.2 Å². The van der Waals surface area contributed by atoms with Crippen LogP contribution < -0.4 is 5.73 Å². The van der Waals surface area contributed by atoms with Gasteiger partial charge in [-0.1, -0.05) is 31.5 Å². The van der Waals surface area contributed by atoms with Crippen molar-refractivity contribution in [3.63, 3.8) is 0 Å². The number of rotatable bonds is 6. The van der Waals surface area contributed by atoms with Crippen LogP contribution in [0.5, 0.6) is 0 Å². The average molecular weight is 247 g/mol. The van der Waals surface area contributed by atoms with Crippen molar-refractivity contribution in [3.8, 4) is 0 Å². The Morgan fingerprint density at radius 3 is 2.94 bits per heavy atom. The van der Waals surface area contributed by atoms with Crippen molar-refractivity contribution in [1.82, 2.24) is 0 Å². The molecule has 1 aromatic rings. The predicted octanol–water partition coefficient (Wildman–Crippen LogP) is 3.17. The molecule has 0 heterocycles. The van der Waals surface area contributed by atoms with Crippen LogP contribution in [0.1, 0.15) is 49.3 Å². The first-order chi connectivity index (χ1) is 8.69. The van der Waals surface area contributed by atoms with Gasteiger partial charge in [-0.3, -0.25) is 0 Å². The fraction of sp³-hybridized carbons (Fsp3) is 0.625. The Morgan fingerprint density at radius 2 is 2.22 bits per heavy atom. The van der Waals surface area contributed by atoms with Gasteiger partial charge in [-0.15, -0.1) is 0 Å². The summed E-state index contributed by atoms with van der Waals surface area (Å²) in [6.07, 6.45) is 6.68. The van der Waals surface area contributed by atoms with E-state index in [1.54, 1.807) is 7.11 Å². The first-order valence-electron chi connectivity index (χ1n) is 7.09. The summed E-state index contributed by atoms with van der Waals surface area (Å²) in [6.45, 7) is 3.05. The molecule has 1 aliphatic rings. The fourth-order valence-electron chi connectivity index (χ4n) is 3.08. The van der Waals surface area contributed by atoms with E-state index in [1.807, 2.05) is 0 Å². The molecule has 0 amide bonds. The van der Waals surface area contributed by atoms with Gasteiger partial charge < -0.3 is 10.5 Å². The molecule has 0 aromatic heterocycles. The third kappa shape index (κ3) is 2.76. The van der Waals surface area contributed by atoms with Gasteiger partial charge in [-0.25, -0.2) is 0 Å². The zero-order chi connectivity index (χ0) is 13.0. The Kier molecular flexibility index (Phi) is 4.41. The molecule has 0 bridgehead atoms. The van der Waals surface area contributed by atoms with Gasteiger partial charge in [0.05, 0.1) is 0 Å². The summed E-state index contributed by atoms with van der Waals surface area (Å²) in [5, 5.41) is 0. The zero-order valence-electron chi connectivity index (χ0n) is 11.7. The highest BCUT2D eigenvalue weighted by molar-refractivity contribution is 5.41. The molecule has 0 saturated heterocycles. The van der Waals surface area contributed by atoms with Crippen molar-refractivity contribution in [2.45, 2.75) is 51.0 Å². The Morgan fingerprint density at radius 1 is 1.39 bits per heavy atom. The van der Waals surface area contributed by atoms with E-state index >= 15 is 0 Å². The summed E-state index contributed by atoms with van der Waals surface area (Å²) in [6, 6.07) is 6.88. The van der Waals surface area contributed by atoms with E-state index in [2.05, 4.69) is 25.1 Å². The first-order valence-corrected chi connectivity index (χ1v) is 7.09. The van der Waals surface area contributed by atoms with Gasteiger partial charge in [0.25, 0.3) is 0 Å². The minimum atomic E-state index is -0.0681. The van der Waals surface area contributed by atoms with E-state index in [9.17, 15) is 0 Å². The molecule has 0 saturated carbocycles. The molecule has 2 N–H and O–H groups in total. The third-order valence-electron chi connectivity index (χ3n) is 4.06. The van der Waals surface area contributed by atoms with Gasteiger partial charge in [-0.05, 0) is 48.8 Å². The van der Waals surface area contributed by atoms with Gasteiger partial charge in [0, 0.05) is 19.3 Å². The predicted molar refractivity (Wildman–Crippen MR) is 75.7 cm³/mol. The van der Waals surface area contributed by atoms with Crippen LogP contribution in [0.3, 0.4) is 0 Å². The number of fused-ring (bicyclic) bond motifs is 1. The summed E-state index contributed by atoms with van der Waals surface area (Å²) < 4.78 is 5.11. The molecule has 1 aromatic carbocycles. The van der Waals surface area contributed by atoms with Crippen LogP contribution in [-0.2, 0) is 23.1 Å². The zero-order valence-corrected chi connectivity index (χ0v) is 11.7. The number of hydrogen-bond donors (Lipinski definition) is 1. The second-order valence-electron chi connectivity index (χ2n) is 5.49.